The molecule has 7 nitrogen and oxygen atoms in total. The number of ether oxygens (including phenoxy) is 2. The number of carbonyl (C=O) groups excluding carboxylic acids is 3. The minimum absolute atomic E-state index is 0.238. The molecule has 2 N–H and O–H groups in total. The number of anilines is 2. The fourth-order valence-corrected chi connectivity index (χ4v) is 2.74. The highest BCUT2D eigenvalue weighted by molar-refractivity contribution is 5.98. The van der Waals surface area contributed by atoms with Crippen molar-refractivity contribution in [2.75, 3.05) is 10.6 Å². The Morgan fingerprint density at radius 2 is 1.48 bits per heavy atom. The zero-order chi connectivity index (χ0) is 23.2. The second-order valence-electron chi connectivity index (χ2n) is 8.48. The number of carbonyl (C=O) groups is 3. The van der Waals surface area contributed by atoms with Crippen LogP contribution in [0, 0.1) is 0 Å². The molecule has 166 valence electrons. The number of amides is 2. The van der Waals surface area contributed by atoms with Crippen LogP contribution in [0.5, 0.6) is 0 Å². The molecule has 0 aliphatic carbocycles. The first-order valence-electron chi connectivity index (χ1n) is 10.2. The smallest absolute Gasteiger partial charge is 0.412 e. The van der Waals surface area contributed by atoms with Gasteiger partial charge in [0.25, 0.3) is 5.91 Å². The number of hydrogen-bond acceptors (Lipinski definition) is 5. The molecule has 0 spiro atoms. The number of para-hydroxylation sites is 1. The molecule has 0 aliphatic heterocycles. The van der Waals surface area contributed by atoms with Gasteiger partial charge in [0.1, 0.15) is 5.60 Å². The lowest BCUT2D eigenvalue weighted by molar-refractivity contribution is -0.123. The average molecular weight is 427 g/mol. The van der Waals surface area contributed by atoms with Gasteiger partial charge in [0, 0.05) is 11.4 Å². The molecule has 31 heavy (non-hydrogen) atoms. The van der Waals surface area contributed by atoms with Crippen molar-refractivity contribution in [1.82, 2.24) is 0 Å². The molecule has 0 aromatic heterocycles. The van der Waals surface area contributed by atoms with Crippen LogP contribution in [-0.4, -0.2) is 29.7 Å². The van der Waals surface area contributed by atoms with Gasteiger partial charge in [-0.05, 0) is 69.5 Å². The van der Waals surface area contributed by atoms with Gasteiger partial charge in [-0.2, -0.15) is 0 Å². The van der Waals surface area contributed by atoms with E-state index in [0.29, 0.717) is 11.4 Å². The summed E-state index contributed by atoms with van der Waals surface area (Å²) in [5.41, 5.74) is 1.82. The Labute approximate surface area is 183 Å². The van der Waals surface area contributed by atoms with Crippen LogP contribution in [0.2, 0.25) is 0 Å². The standard InChI is InChI=1S/C24H30N2O5/c1-15(2)19-9-7-8-10-20(19)26-21(27)16(3)30-22(28)17-11-13-18(14-12-17)25-23(29)31-24(4,5)6/h7-16H,1-6H3,(H,25,29)(H,26,27)/t16-/m1/s1. The summed E-state index contributed by atoms with van der Waals surface area (Å²) in [5, 5.41) is 5.41. The summed E-state index contributed by atoms with van der Waals surface area (Å²) in [6.07, 6.45) is -1.57. The van der Waals surface area contributed by atoms with E-state index >= 15 is 0 Å². The fraction of sp³-hybridized carbons (Fsp3) is 0.375. The lowest BCUT2D eigenvalue weighted by Crippen LogP contribution is -2.30. The van der Waals surface area contributed by atoms with E-state index in [1.165, 1.54) is 19.1 Å². The summed E-state index contributed by atoms with van der Waals surface area (Å²) in [6, 6.07) is 13.7. The molecule has 0 aliphatic rings. The van der Waals surface area contributed by atoms with E-state index in [4.69, 9.17) is 9.47 Å². The van der Waals surface area contributed by atoms with E-state index in [2.05, 4.69) is 10.6 Å². The maximum Gasteiger partial charge on any atom is 0.412 e. The van der Waals surface area contributed by atoms with Gasteiger partial charge in [0.2, 0.25) is 0 Å². The highest BCUT2D eigenvalue weighted by Gasteiger charge is 2.21. The van der Waals surface area contributed by atoms with Crippen molar-refractivity contribution in [2.45, 2.75) is 59.2 Å². The van der Waals surface area contributed by atoms with E-state index in [0.717, 1.165) is 5.56 Å². The third-order valence-electron chi connectivity index (χ3n) is 4.26. The lowest BCUT2D eigenvalue weighted by Gasteiger charge is -2.19. The SMILES string of the molecule is CC(C)c1ccccc1NC(=O)[C@@H](C)OC(=O)c1ccc(NC(=O)OC(C)(C)C)cc1. The van der Waals surface area contributed by atoms with Gasteiger partial charge in [0.15, 0.2) is 6.10 Å². The van der Waals surface area contributed by atoms with Gasteiger partial charge in [-0.1, -0.05) is 32.0 Å². The van der Waals surface area contributed by atoms with Crippen molar-refractivity contribution in [3.63, 3.8) is 0 Å². The summed E-state index contributed by atoms with van der Waals surface area (Å²) in [5.74, 6) is -0.810. The monoisotopic (exact) mass is 426 g/mol. The van der Waals surface area contributed by atoms with E-state index in [9.17, 15) is 14.4 Å². The van der Waals surface area contributed by atoms with Crippen molar-refractivity contribution < 1.29 is 23.9 Å². The molecule has 0 saturated heterocycles. The van der Waals surface area contributed by atoms with Gasteiger partial charge in [-0.15, -0.1) is 0 Å². The summed E-state index contributed by atoms with van der Waals surface area (Å²) < 4.78 is 10.5. The van der Waals surface area contributed by atoms with Crippen LogP contribution in [-0.2, 0) is 14.3 Å². The van der Waals surface area contributed by atoms with Crippen LogP contribution in [0.1, 0.15) is 63.4 Å². The quantitative estimate of drug-likeness (QED) is 0.608. The summed E-state index contributed by atoms with van der Waals surface area (Å²) in [4.78, 5) is 36.7. The van der Waals surface area contributed by atoms with Crippen LogP contribution in [0.3, 0.4) is 0 Å². The van der Waals surface area contributed by atoms with Crippen LogP contribution in [0.15, 0.2) is 48.5 Å². The van der Waals surface area contributed by atoms with Gasteiger partial charge in [-0.3, -0.25) is 10.1 Å². The summed E-state index contributed by atoms with van der Waals surface area (Å²) in [6.45, 7) is 10.9. The predicted molar refractivity (Wildman–Crippen MR) is 120 cm³/mol. The molecule has 2 amide bonds. The summed E-state index contributed by atoms with van der Waals surface area (Å²) in [7, 11) is 0. The molecule has 0 radical (unpaired) electrons. The molecule has 0 bridgehead atoms. The van der Waals surface area contributed by atoms with Crippen molar-refractivity contribution in [3.8, 4) is 0 Å². The molecular formula is C24H30N2O5. The van der Waals surface area contributed by atoms with Gasteiger partial charge in [0.05, 0.1) is 5.56 Å². The number of benzene rings is 2. The van der Waals surface area contributed by atoms with E-state index in [1.807, 2.05) is 38.1 Å². The molecule has 0 fully saturated rings. The maximum absolute atomic E-state index is 12.5. The first-order valence-corrected chi connectivity index (χ1v) is 10.2. The Morgan fingerprint density at radius 1 is 0.871 bits per heavy atom. The Kier molecular flexibility index (Phi) is 7.80. The second kappa shape index (κ2) is 10.1. The maximum atomic E-state index is 12.5. The molecule has 2 rings (SSSR count). The Morgan fingerprint density at radius 3 is 2.06 bits per heavy atom. The zero-order valence-electron chi connectivity index (χ0n) is 18.8. The van der Waals surface area contributed by atoms with Crippen LogP contribution in [0.25, 0.3) is 0 Å². The lowest BCUT2D eigenvalue weighted by atomic mass is 10.0. The molecule has 0 unspecified atom stereocenters. The number of hydrogen-bond donors (Lipinski definition) is 2. The Bertz CT molecular complexity index is 930. The van der Waals surface area contributed by atoms with Gasteiger partial charge >= 0.3 is 12.1 Å². The van der Waals surface area contributed by atoms with Crippen LogP contribution in [0.4, 0.5) is 16.2 Å². The van der Waals surface area contributed by atoms with E-state index in [-0.39, 0.29) is 11.5 Å². The Balaban J connectivity index is 1.95. The van der Waals surface area contributed by atoms with E-state index in [1.54, 1.807) is 32.9 Å². The van der Waals surface area contributed by atoms with Gasteiger partial charge in [-0.25, -0.2) is 9.59 Å². The molecular weight excluding hydrogens is 396 g/mol. The third kappa shape index (κ3) is 7.44. The molecule has 1 atom stereocenters. The zero-order valence-corrected chi connectivity index (χ0v) is 18.8. The van der Waals surface area contributed by atoms with Crippen molar-refractivity contribution in [2.24, 2.45) is 0 Å². The number of nitrogens with one attached hydrogen (secondary N) is 2. The molecule has 0 heterocycles. The first kappa shape index (κ1) is 23.9. The van der Waals surface area contributed by atoms with Crippen LogP contribution >= 0.6 is 0 Å². The predicted octanol–water partition coefficient (Wildman–Crippen LogP) is 5.34. The molecule has 2 aromatic rings. The molecule has 0 saturated carbocycles. The number of rotatable bonds is 6. The normalized spacial score (nSPS) is 12.1. The first-order chi connectivity index (χ1) is 14.5. The fourth-order valence-electron chi connectivity index (χ4n) is 2.74. The largest absolute Gasteiger partial charge is 0.449 e. The minimum atomic E-state index is -0.979. The highest BCUT2D eigenvalue weighted by Crippen LogP contribution is 2.24. The van der Waals surface area contributed by atoms with E-state index < -0.39 is 29.7 Å². The third-order valence-corrected chi connectivity index (χ3v) is 4.26. The average Bonchev–Trinajstić information content (AvgIpc) is 2.67. The molecule has 7 heteroatoms. The topological polar surface area (TPSA) is 93.7 Å². The molecule has 2 aromatic carbocycles. The van der Waals surface area contributed by atoms with Gasteiger partial charge < -0.3 is 14.8 Å². The second-order valence-corrected chi connectivity index (χ2v) is 8.48. The minimum Gasteiger partial charge on any atom is -0.449 e. The van der Waals surface area contributed by atoms with Crippen molar-refractivity contribution >= 4 is 29.3 Å². The highest BCUT2D eigenvalue weighted by atomic mass is 16.6. The van der Waals surface area contributed by atoms with Crippen molar-refractivity contribution in [3.05, 3.63) is 59.7 Å². The number of esters is 1. The Hall–Kier alpha value is -3.35. The van der Waals surface area contributed by atoms with Crippen LogP contribution < -0.4 is 10.6 Å². The summed E-state index contributed by atoms with van der Waals surface area (Å²) >= 11 is 0. The van der Waals surface area contributed by atoms with Crippen molar-refractivity contribution in [1.29, 1.82) is 0 Å².